The Morgan fingerprint density at radius 1 is 0.783 bits per heavy atom. The van der Waals surface area contributed by atoms with Crippen molar-refractivity contribution in [3.05, 3.63) is 76.9 Å². The van der Waals surface area contributed by atoms with Crippen molar-refractivity contribution >= 4 is 11.8 Å². The molecule has 3 heteroatoms. The predicted molar refractivity (Wildman–Crippen MR) is 97.7 cm³/mol. The van der Waals surface area contributed by atoms with Gasteiger partial charge in [-0.05, 0) is 44.0 Å². The second kappa shape index (κ2) is 6.97. The van der Waals surface area contributed by atoms with Crippen LogP contribution in [0.15, 0.2) is 59.6 Å². The van der Waals surface area contributed by atoms with Gasteiger partial charge >= 0.3 is 0 Å². The largest absolute Gasteiger partial charge is 0.149 e. The molecule has 0 N–H and O–H groups in total. The van der Waals surface area contributed by atoms with Crippen molar-refractivity contribution in [3.63, 3.8) is 0 Å². The Morgan fingerprint density at radius 2 is 1.52 bits per heavy atom. The van der Waals surface area contributed by atoms with E-state index in [-0.39, 0.29) is 0 Å². The lowest BCUT2D eigenvalue weighted by molar-refractivity contribution is 0.935. The molecule has 0 aliphatic heterocycles. The van der Waals surface area contributed by atoms with Gasteiger partial charge in [0.15, 0.2) is 0 Å². The molecule has 2 aromatic carbocycles. The minimum Gasteiger partial charge on any atom is -0.149 e. The first-order chi connectivity index (χ1) is 11.1. The summed E-state index contributed by atoms with van der Waals surface area (Å²) < 4.78 is 0. The second-order valence-electron chi connectivity index (χ2n) is 5.84. The van der Waals surface area contributed by atoms with Crippen LogP contribution in [0.25, 0.3) is 11.3 Å². The quantitative estimate of drug-likeness (QED) is 0.605. The summed E-state index contributed by atoms with van der Waals surface area (Å²) in [6, 6.07) is 19.0. The van der Waals surface area contributed by atoms with E-state index in [1.807, 2.05) is 6.07 Å². The molecule has 0 atom stereocenters. The van der Waals surface area contributed by atoms with Gasteiger partial charge in [0, 0.05) is 11.3 Å². The zero-order valence-electron chi connectivity index (χ0n) is 13.7. The van der Waals surface area contributed by atoms with E-state index in [0.717, 1.165) is 22.0 Å². The molecule has 3 aromatic rings. The van der Waals surface area contributed by atoms with Gasteiger partial charge in [0.25, 0.3) is 0 Å². The number of hydrogen-bond donors (Lipinski definition) is 0. The van der Waals surface area contributed by atoms with Crippen LogP contribution >= 0.6 is 11.8 Å². The molecule has 0 saturated carbocycles. The molecule has 0 bridgehead atoms. The molecule has 1 aromatic heterocycles. The minimum atomic E-state index is 0.918. The molecule has 116 valence electrons. The molecule has 0 aliphatic rings. The van der Waals surface area contributed by atoms with E-state index < -0.39 is 0 Å². The monoisotopic (exact) mass is 320 g/mol. The average Bonchev–Trinajstić information content (AvgIpc) is 2.57. The third-order valence-corrected chi connectivity index (χ3v) is 4.84. The van der Waals surface area contributed by atoms with Crippen LogP contribution in [0, 0.1) is 20.8 Å². The summed E-state index contributed by atoms with van der Waals surface area (Å²) in [7, 11) is 0. The number of rotatable bonds is 4. The van der Waals surface area contributed by atoms with E-state index in [2.05, 4.69) is 79.5 Å². The number of aryl methyl sites for hydroxylation is 3. The van der Waals surface area contributed by atoms with Crippen molar-refractivity contribution in [2.45, 2.75) is 31.6 Å². The summed E-state index contributed by atoms with van der Waals surface area (Å²) in [5.41, 5.74) is 7.26. The molecule has 23 heavy (non-hydrogen) atoms. The molecule has 3 rings (SSSR count). The fourth-order valence-corrected chi connectivity index (χ4v) is 3.26. The highest BCUT2D eigenvalue weighted by molar-refractivity contribution is 7.98. The first-order valence-corrected chi connectivity index (χ1v) is 8.70. The van der Waals surface area contributed by atoms with Crippen LogP contribution in [0.3, 0.4) is 0 Å². The Balaban J connectivity index is 1.70. The molecule has 0 saturated heterocycles. The van der Waals surface area contributed by atoms with Gasteiger partial charge in [0.2, 0.25) is 0 Å². The van der Waals surface area contributed by atoms with Crippen LogP contribution in [-0.2, 0) is 5.75 Å². The zero-order chi connectivity index (χ0) is 16.2. The molecule has 0 unspecified atom stereocenters. The van der Waals surface area contributed by atoms with Gasteiger partial charge in [-0.15, -0.1) is 10.2 Å². The normalized spacial score (nSPS) is 10.7. The van der Waals surface area contributed by atoms with Gasteiger partial charge < -0.3 is 0 Å². The predicted octanol–water partition coefficient (Wildman–Crippen LogP) is 5.36. The summed E-state index contributed by atoms with van der Waals surface area (Å²) in [4.78, 5) is 0. The Hall–Kier alpha value is -2.13. The summed E-state index contributed by atoms with van der Waals surface area (Å²) >= 11 is 1.73. The highest BCUT2D eigenvalue weighted by Crippen LogP contribution is 2.24. The highest BCUT2D eigenvalue weighted by atomic mass is 32.2. The Morgan fingerprint density at radius 3 is 2.22 bits per heavy atom. The Labute approximate surface area is 142 Å². The van der Waals surface area contributed by atoms with Gasteiger partial charge in [0.05, 0.1) is 5.69 Å². The number of hydrogen-bond acceptors (Lipinski definition) is 3. The molecule has 0 fully saturated rings. The van der Waals surface area contributed by atoms with Gasteiger partial charge in [-0.25, -0.2) is 0 Å². The molecular weight excluding hydrogens is 300 g/mol. The van der Waals surface area contributed by atoms with Crippen LogP contribution in [0.4, 0.5) is 0 Å². The van der Waals surface area contributed by atoms with Crippen LogP contribution < -0.4 is 0 Å². The third-order valence-electron chi connectivity index (χ3n) is 3.87. The van der Waals surface area contributed by atoms with E-state index >= 15 is 0 Å². The lowest BCUT2D eigenvalue weighted by Gasteiger charge is -2.07. The van der Waals surface area contributed by atoms with E-state index in [1.165, 1.54) is 22.3 Å². The molecule has 0 amide bonds. The third kappa shape index (κ3) is 3.99. The Kier molecular flexibility index (Phi) is 4.77. The minimum absolute atomic E-state index is 0.918. The maximum absolute atomic E-state index is 4.36. The number of benzene rings is 2. The van der Waals surface area contributed by atoms with Crippen molar-refractivity contribution < 1.29 is 0 Å². The first kappa shape index (κ1) is 15.8. The molecule has 2 nitrogen and oxygen atoms in total. The molecule has 0 radical (unpaired) electrons. The Bertz CT molecular complexity index is 793. The second-order valence-corrected chi connectivity index (χ2v) is 6.84. The standard InChI is InChI=1S/C20H20N2S/c1-14-5-8-17(9-6-14)19-10-11-20(22-21-19)23-13-18-12-15(2)4-7-16(18)3/h4-12H,13H2,1-3H3. The van der Waals surface area contributed by atoms with E-state index in [9.17, 15) is 0 Å². The van der Waals surface area contributed by atoms with Crippen molar-refractivity contribution in [1.82, 2.24) is 10.2 Å². The lowest BCUT2D eigenvalue weighted by Crippen LogP contribution is -1.92. The summed E-state index contributed by atoms with van der Waals surface area (Å²) in [6.45, 7) is 6.37. The van der Waals surface area contributed by atoms with Gasteiger partial charge in [-0.2, -0.15) is 0 Å². The molecule has 0 aliphatic carbocycles. The SMILES string of the molecule is Cc1ccc(-c2ccc(SCc3cc(C)ccc3C)nn2)cc1. The fraction of sp³-hybridized carbons (Fsp3) is 0.200. The van der Waals surface area contributed by atoms with Gasteiger partial charge in [-0.1, -0.05) is 65.4 Å². The topological polar surface area (TPSA) is 25.8 Å². The lowest BCUT2D eigenvalue weighted by atomic mass is 10.1. The van der Waals surface area contributed by atoms with Crippen molar-refractivity contribution in [1.29, 1.82) is 0 Å². The molecule has 1 heterocycles. The fourth-order valence-electron chi connectivity index (χ4n) is 2.38. The highest BCUT2D eigenvalue weighted by Gasteiger charge is 2.04. The summed E-state index contributed by atoms with van der Waals surface area (Å²) in [5, 5.41) is 9.68. The van der Waals surface area contributed by atoms with Crippen molar-refractivity contribution in [2.24, 2.45) is 0 Å². The van der Waals surface area contributed by atoms with Crippen LogP contribution in [0.5, 0.6) is 0 Å². The zero-order valence-corrected chi connectivity index (χ0v) is 14.5. The van der Waals surface area contributed by atoms with Crippen molar-refractivity contribution in [3.8, 4) is 11.3 Å². The average molecular weight is 320 g/mol. The number of thioether (sulfide) groups is 1. The molecular formula is C20H20N2S. The van der Waals surface area contributed by atoms with Gasteiger partial charge in [-0.3, -0.25) is 0 Å². The first-order valence-electron chi connectivity index (χ1n) is 7.71. The van der Waals surface area contributed by atoms with E-state index in [4.69, 9.17) is 0 Å². The summed E-state index contributed by atoms with van der Waals surface area (Å²) in [6.07, 6.45) is 0. The van der Waals surface area contributed by atoms with Crippen LogP contribution in [0.1, 0.15) is 22.3 Å². The number of aromatic nitrogens is 2. The van der Waals surface area contributed by atoms with Crippen LogP contribution in [0.2, 0.25) is 0 Å². The van der Waals surface area contributed by atoms with E-state index in [1.54, 1.807) is 11.8 Å². The van der Waals surface area contributed by atoms with Gasteiger partial charge in [0.1, 0.15) is 5.03 Å². The van der Waals surface area contributed by atoms with Crippen LogP contribution in [-0.4, -0.2) is 10.2 Å². The smallest absolute Gasteiger partial charge is 0.119 e. The molecule has 0 spiro atoms. The summed E-state index contributed by atoms with van der Waals surface area (Å²) in [5.74, 6) is 0.923. The van der Waals surface area contributed by atoms with Crippen molar-refractivity contribution in [2.75, 3.05) is 0 Å². The maximum Gasteiger partial charge on any atom is 0.119 e. The number of nitrogens with zero attached hydrogens (tertiary/aromatic N) is 2. The maximum atomic E-state index is 4.36. The van der Waals surface area contributed by atoms with E-state index in [0.29, 0.717) is 0 Å².